The molecule has 0 saturated carbocycles. The van der Waals surface area contributed by atoms with Gasteiger partial charge in [-0.05, 0) is 6.92 Å². The summed E-state index contributed by atoms with van der Waals surface area (Å²) in [6, 6.07) is 0. The van der Waals surface area contributed by atoms with Crippen LogP contribution in [-0.2, 0) is 11.3 Å². The van der Waals surface area contributed by atoms with Gasteiger partial charge in [0.15, 0.2) is 0 Å². The Labute approximate surface area is 96.2 Å². The van der Waals surface area contributed by atoms with Crippen molar-refractivity contribution in [3.8, 4) is 5.88 Å². The van der Waals surface area contributed by atoms with Crippen LogP contribution in [0.4, 0.5) is 0 Å². The number of thiazole rings is 1. The first-order valence-corrected chi connectivity index (χ1v) is 5.75. The molecule has 6 heteroatoms. The average Bonchev–Trinajstić information content (AvgIpc) is 2.75. The van der Waals surface area contributed by atoms with Crippen molar-refractivity contribution >= 4 is 16.3 Å². The van der Waals surface area contributed by atoms with Crippen molar-refractivity contribution < 1.29 is 14.4 Å². The van der Waals surface area contributed by atoms with Gasteiger partial charge in [-0.1, -0.05) is 11.3 Å². The van der Waals surface area contributed by atoms with Crippen LogP contribution in [-0.4, -0.2) is 23.2 Å². The monoisotopic (exact) mass is 241 g/mol. The average molecular weight is 241 g/mol. The van der Waals surface area contributed by atoms with Gasteiger partial charge in [0.1, 0.15) is 18.3 Å². The van der Waals surface area contributed by atoms with Crippen molar-refractivity contribution in [2.75, 3.05) is 13.7 Å². The standard InChI is InChI=1S/C10H12N2O3S/c1-7-8(13)11(3-5-15-2)10-12(9(7)14)4-6-16-10/h4,6H,3,5H2,1-2H3/p+1. The van der Waals surface area contributed by atoms with Crippen LogP contribution in [0.5, 0.6) is 5.88 Å². The zero-order chi connectivity index (χ0) is 11.7. The van der Waals surface area contributed by atoms with Crippen LogP contribution in [0, 0.1) is 6.92 Å². The van der Waals surface area contributed by atoms with E-state index in [1.165, 1.54) is 15.7 Å². The Morgan fingerprint density at radius 3 is 3.06 bits per heavy atom. The molecule has 16 heavy (non-hydrogen) atoms. The minimum atomic E-state index is -0.178. The molecular weight excluding hydrogens is 228 g/mol. The van der Waals surface area contributed by atoms with E-state index in [-0.39, 0.29) is 11.4 Å². The van der Waals surface area contributed by atoms with Crippen molar-refractivity contribution in [3.05, 3.63) is 27.5 Å². The summed E-state index contributed by atoms with van der Waals surface area (Å²) in [6.07, 6.45) is 1.71. The second-order valence-corrected chi connectivity index (χ2v) is 4.33. The first kappa shape index (κ1) is 11.1. The molecule has 0 aliphatic carbocycles. The van der Waals surface area contributed by atoms with E-state index in [0.29, 0.717) is 23.7 Å². The normalized spacial score (nSPS) is 11.1. The van der Waals surface area contributed by atoms with Crippen LogP contribution in [0.1, 0.15) is 5.56 Å². The number of methoxy groups -OCH3 is 1. The SMILES string of the molecule is COCC[n+]1c(O)c(C)c(=O)n2ccsc21. The maximum atomic E-state index is 11.8. The Balaban J connectivity index is 2.70. The topological polar surface area (TPSA) is 54.8 Å². The quantitative estimate of drug-likeness (QED) is 0.787. The van der Waals surface area contributed by atoms with Gasteiger partial charge in [0.25, 0.3) is 5.88 Å². The Hall–Kier alpha value is -1.40. The maximum absolute atomic E-state index is 11.8. The molecule has 2 aromatic rings. The molecular formula is C10H13N2O3S+. The van der Waals surface area contributed by atoms with Crippen molar-refractivity contribution in [1.82, 2.24) is 4.40 Å². The third-order valence-electron chi connectivity index (χ3n) is 2.47. The lowest BCUT2D eigenvalue weighted by Crippen LogP contribution is -2.41. The molecule has 0 aliphatic rings. The molecule has 2 rings (SSSR count). The second kappa shape index (κ2) is 4.23. The smallest absolute Gasteiger partial charge is 0.351 e. The van der Waals surface area contributed by atoms with E-state index in [4.69, 9.17) is 4.74 Å². The van der Waals surface area contributed by atoms with Gasteiger partial charge in [0, 0.05) is 12.5 Å². The molecule has 0 aliphatic heterocycles. The Morgan fingerprint density at radius 2 is 2.38 bits per heavy atom. The molecule has 0 bridgehead atoms. The largest absolute Gasteiger partial charge is 0.477 e. The molecule has 0 fully saturated rings. The van der Waals surface area contributed by atoms with Crippen molar-refractivity contribution in [2.45, 2.75) is 13.5 Å². The van der Waals surface area contributed by atoms with Crippen molar-refractivity contribution in [2.24, 2.45) is 0 Å². The fraction of sp³-hybridized carbons (Fsp3) is 0.400. The minimum Gasteiger partial charge on any atom is -0.477 e. The highest BCUT2D eigenvalue weighted by Gasteiger charge is 2.21. The van der Waals surface area contributed by atoms with Crippen LogP contribution in [0.3, 0.4) is 0 Å². The van der Waals surface area contributed by atoms with Gasteiger partial charge in [-0.15, -0.1) is 0 Å². The van der Waals surface area contributed by atoms with Crippen LogP contribution >= 0.6 is 11.3 Å². The lowest BCUT2D eigenvalue weighted by Gasteiger charge is -2.04. The Bertz CT molecular complexity index is 573. The minimum absolute atomic E-state index is 0.0181. The summed E-state index contributed by atoms with van der Waals surface area (Å²) < 4.78 is 8.20. The first-order chi connectivity index (χ1) is 7.66. The van der Waals surface area contributed by atoms with Gasteiger partial charge in [0.05, 0.1) is 6.61 Å². The van der Waals surface area contributed by atoms with Crippen LogP contribution < -0.4 is 10.1 Å². The van der Waals surface area contributed by atoms with E-state index < -0.39 is 0 Å². The molecule has 86 valence electrons. The molecule has 0 atom stereocenters. The third-order valence-corrected chi connectivity index (χ3v) is 3.36. The number of aromatic hydroxyl groups is 1. The molecule has 0 radical (unpaired) electrons. The summed E-state index contributed by atoms with van der Waals surface area (Å²) in [5.41, 5.74) is 0.175. The summed E-state index contributed by atoms with van der Waals surface area (Å²) in [7, 11) is 1.60. The van der Waals surface area contributed by atoms with E-state index in [9.17, 15) is 9.90 Å². The number of hydrogen-bond acceptors (Lipinski definition) is 4. The third kappa shape index (κ3) is 1.60. The molecule has 0 spiro atoms. The highest BCUT2D eigenvalue weighted by Crippen LogP contribution is 2.11. The zero-order valence-corrected chi connectivity index (χ0v) is 9.95. The number of ether oxygens (including phenoxy) is 1. The highest BCUT2D eigenvalue weighted by molar-refractivity contribution is 7.14. The molecule has 0 saturated heterocycles. The van der Waals surface area contributed by atoms with Crippen LogP contribution in [0.2, 0.25) is 0 Å². The van der Waals surface area contributed by atoms with Gasteiger partial charge >= 0.3 is 10.5 Å². The molecule has 1 N–H and O–H groups in total. The molecule has 5 nitrogen and oxygen atoms in total. The first-order valence-electron chi connectivity index (χ1n) is 4.87. The molecule has 0 unspecified atom stereocenters. The number of rotatable bonds is 3. The number of aromatic nitrogens is 2. The number of nitrogens with zero attached hydrogens (tertiary/aromatic N) is 2. The van der Waals surface area contributed by atoms with E-state index in [1.54, 1.807) is 24.8 Å². The van der Waals surface area contributed by atoms with E-state index in [1.807, 2.05) is 5.38 Å². The van der Waals surface area contributed by atoms with Gasteiger partial charge in [-0.3, -0.25) is 0 Å². The molecule has 0 aromatic carbocycles. The Morgan fingerprint density at radius 1 is 1.62 bits per heavy atom. The maximum Gasteiger partial charge on any atom is 0.351 e. The Kier molecular flexibility index (Phi) is 2.93. The van der Waals surface area contributed by atoms with Gasteiger partial charge in [0.2, 0.25) is 0 Å². The summed E-state index contributed by atoms with van der Waals surface area (Å²) >= 11 is 1.41. The van der Waals surface area contributed by atoms with Crippen LogP contribution in [0.15, 0.2) is 16.4 Å². The summed E-state index contributed by atoms with van der Waals surface area (Å²) in [6.45, 7) is 2.63. The summed E-state index contributed by atoms with van der Waals surface area (Å²) in [5, 5.41) is 11.7. The molecule has 2 heterocycles. The van der Waals surface area contributed by atoms with Gasteiger partial charge < -0.3 is 9.84 Å². The second-order valence-electron chi connectivity index (χ2n) is 3.45. The fourth-order valence-corrected chi connectivity index (χ4v) is 2.44. The van der Waals surface area contributed by atoms with Gasteiger partial charge in [-0.25, -0.2) is 4.79 Å². The number of fused-ring (bicyclic) bond motifs is 1. The summed E-state index contributed by atoms with van der Waals surface area (Å²) in [5.74, 6) is 0.0181. The van der Waals surface area contributed by atoms with Gasteiger partial charge in [-0.2, -0.15) is 8.97 Å². The lowest BCUT2D eigenvalue weighted by molar-refractivity contribution is -0.680. The van der Waals surface area contributed by atoms with E-state index in [2.05, 4.69) is 0 Å². The molecule has 2 aromatic heterocycles. The predicted octanol–water partition coefficient (Wildman–Crippen LogP) is 0.309. The highest BCUT2D eigenvalue weighted by atomic mass is 32.1. The van der Waals surface area contributed by atoms with E-state index >= 15 is 0 Å². The summed E-state index contributed by atoms with van der Waals surface area (Å²) in [4.78, 5) is 12.5. The predicted molar refractivity (Wildman–Crippen MR) is 60.0 cm³/mol. The van der Waals surface area contributed by atoms with Crippen molar-refractivity contribution in [1.29, 1.82) is 0 Å². The number of hydrogen-bond donors (Lipinski definition) is 1. The zero-order valence-electron chi connectivity index (χ0n) is 9.14. The van der Waals surface area contributed by atoms with Crippen molar-refractivity contribution in [3.63, 3.8) is 0 Å². The van der Waals surface area contributed by atoms with Crippen LogP contribution in [0.25, 0.3) is 4.96 Å². The van der Waals surface area contributed by atoms with E-state index in [0.717, 1.165) is 0 Å². The molecule has 0 amide bonds. The fourth-order valence-electron chi connectivity index (χ4n) is 1.57. The lowest BCUT2D eigenvalue weighted by atomic mass is 10.3.